The summed E-state index contributed by atoms with van der Waals surface area (Å²) in [6.45, 7) is 1.46. The highest BCUT2D eigenvalue weighted by molar-refractivity contribution is 5.85. The zero-order chi connectivity index (χ0) is 10.9. The SMILES string of the molecule is Cl.FC(F)(F)c1ccccc1N1CCCC1. The van der Waals surface area contributed by atoms with Gasteiger partial charge in [0.2, 0.25) is 0 Å². The molecule has 0 saturated carbocycles. The fourth-order valence-electron chi connectivity index (χ4n) is 1.95. The summed E-state index contributed by atoms with van der Waals surface area (Å²) in [5.41, 5.74) is -0.200. The molecule has 1 fully saturated rings. The van der Waals surface area contributed by atoms with Crippen molar-refractivity contribution in [1.29, 1.82) is 0 Å². The molecule has 0 unspecified atom stereocenters. The van der Waals surface area contributed by atoms with Crippen LogP contribution in [0.1, 0.15) is 18.4 Å². The van der Waals surface area contributed by atoms with Gasteiger partial charge < -0.3 is 4.90 Å². The van der Waals surface area contributed by atoms with Gasteiger partial charge in [-0.1, -0.05) is 12.1 Å². The second-order valence-electron chi connectivity index (χ2n) is 3.71. The van der Waals surface area contributed by atoms with Gasteiger partial charge in [0.25, 0.3) is 0 Å². The summed E-state index contributed by atoms with van der Waals surface area (Å²) >= 11 is 0. The Bertz CT molecular complexity index is 345. The van der Waals surface area contributed by atoms with E-state index in [2.05, 4.69) is 0 Å². The van der Waals surface area contributed by atoms with Crippen LogP contribution in [0.15, 0.2) is 24.3 Å². The molecule has 0 N–H and O–H groups in total. The molecule has 16 heavy (non-hydrogen) atoms. The largest absolute Gasteiger partial charge is 0.418 e. The quantitative estimate of drug-likeness (QED) is 0.735. The lowest BCUT2D eigenvalue weighted by molar-refractivity contribution is -0.137. The molecule has 0 amide bonds. The van der Waals surface area contributed by atoms with E-state index in [9.17, 15) is 13.2 Å². The minimum absolute atomic E-state index is 0. The van der Waals surface area contributed by atoms with Crippen LogP contribution in [0.3, 0.4) is 0 Å². The fourth-order valence-corrected chi connectivity index (χ4v) is 1.95. The topological polar surface area (TPSA) is 3.24 Å². The van der Waals surface area contributed by atoms with E-state index in [0.717, 1.165) is 32.0 Å². The van der Waals surface area contributed by atoms with Crippen LogP contribution in [0.25, 0.3) is 0 Å². The average molecular weight is 252 g/mol. The number of nitrogens with zero attached hydrogens (tertiary/aromatic N) is 1. The monoisotopic (exact) mass is 251 g/mol. The molecule has 1 saturated heterocycles. The molecule has 0 aromatic heterocycles. The Kier molecular flexibility index (Phi) is 4.08. The van der Waals surface area contributed by atoms with Gasteiger partial charge in [-0.25, -0.2) is 0 Å². The standard InChI is InChI=1S/C11H12F3N.ClH/c12-11(13,14)9-5-1-2-6-10(9)15-7-3-4-8-15;/h1-2,5-6H,3-4,7-8H2;1H. The van der Waals surface area contributed by atoms with E-state index in [1.54, 1.807) is 12.1 Å². The van der Waals surface area contributed by atoms with Crippen molar-refractivity contribution in [3.63, 3.8) is 0 Å². The summed E-state index contributed by atoms with van der Waals surface area (Å²) in [4.78, 5) is 1.81. The van der Waals surface area contributed by atoms with Gasteiger partial charge in [0.1, 0.15) is 0 Å². The van der Waals surface area contributed by atoms with E-state index >= 15 is 0 Å². The molecule has 1 aliphatic heterocycles. The Morgan fingerprint density at radius 2 is 1.56 bits per heavy atom. The molecule has 2 rings (SSSR count). The molecule has 0 aliphatic carbocycles. The fraction of sp³-hybridized carbons (Fsp3) is 0.455. The number of halogens is 4. The maximum atomic E-state index is 12.7. The number of rotatable bonds is 1. The molecule has 1 nitrogen and oxygen atoms in total. The van der Waals surface area contributed by atoms with Crippen molar-refractivity contribution in [2.75, 3.05) is 18.0 Å². The number of alkyl halides is 3. The van der Waals surface area contributed by atoms with E-state index in [-0.39, 0.29) is 12.4 Å². The molecule has 90 valence electrons. The van der Waals surface area contributed by atoms with Crippen molar-refractivity contribution in [1.82, 2.24) is 0 Å². The van der Waals surface area contributed by atoms with Gasteiger partial charge in [-0.2, -0.15) is 13.2 Å². The van der Waals surface area contributed by atoms with E-state index in [0.29, 0.717) is 5.69 Å². The zero-order valence-corrected chi connectivity index (χ0v) is 9.44. The van der Waals surface area contributed by atoms with Crippen molar-refractivity contribution in [3.05, 3.63) is 29.8 Å². The first-order valence-corrected chi connectivity index (χ1v) is 5.00. The van der Waals surface area contributed by atoms with Crippen molar-refractivity contribution < 1.29 is 13.2 Å². The highest BCUT2D eigenvalue weighted by Gasteiger charge is 2.34. The minimum Gasteiger partial charge on any atom is -0.371 e. The highest BCUT2D eigenvalue weighted by Crippen LogP contribution is 2.37. The summed E-state index contributed by atoms with van der Waals surface area (Å²) in [6, 6.07) is 5.78. The molecular weight excluding hydrogens is 239 g/mol. The molecule has 0 bridgehead atoms. The normalized spacial score (nSPS) is 16.1. The molecule has 1 aliphatic rings. The smallest absolute Gasteiger partial charge is 0.371 e. The number of anilines is 1. The van der Waals surface area contributed by atoms with Crippen LogP contribution in [-0.2, 0) is 6.18 Å². The number of para-hydroxylation sites is 1. The molecule has 5 heteroatoms. The third kappa shape index (κ3) is 2.61. The predicted molar refractivity (Wildman–Crippen MR) is 60.1 cm³/mol. The van der Waals surface area contributed by atoms with Crippen LogP contribution in [-0.4, -0.2) is 13.1 Å². The highest BCUT2D eigenvalue weighted by atomic mass is 35.5. The van der Waals surface area contributed by atoms with E-state index in [1.807, 2.05) is 4.90 Å². The first-order chi connectivity index (χ1) is 7.09. The van der Waals surface area contributed by atoms with E-state index in [1.165, 1.54) is 6.07 Å². The Balaban J connectivity index is 0.00000128. The molecular formula is C11H13ClF3N. The van der Waals surface area contributed by atoms with Gasteiger partial charge in [-0.3, -0.25) is 0 Å². The van der Waals surface area contributed by atoms with Crippen molar-refractivity contribution in [3.8, 4) is 0 Å². The van der Waals surface area contributed by atoms with Crippen LogP contribution in [0, 0.1) is 0 Å². The van der Waals surface area contributed by atoms with Gasteiger partial charge in [-0.05, 0) is 25.0 Å². The lowest BCUT2D eigenvalue weighted by atomic mass is 10.1. The van der Waals surface area contributed by atoms with Crippen LogP contribution in [0.4, 0.5) is 18.9 Å². The predicted octanol–water partition coefficient (Wildman–Crippen LogP) is 3.73. The maximum Gasteiger partial charge on any atom is 0.418 e. The second kappa shape index (κ2) is 4.95. The lowest BCUT2D eigenvalue weighted by Gasteiger charge is -2.22. The van der Waals surface area contributed by atoms with Crippen LogP contribution in [0.2, 0.25) is 0 Å². The van der Waals surface area contributed by atoms with Gasteiger partial charge in [0.05, 0.1) is 5.56 Å². The Hall–Kier alpha value is -0.900. The molecule has 0 spiro atoms. The van der Waals surface area contributed by atoms with Crippen molar-refractivity contribution in [2.45, 2.75) is 19.0 Å². The first-order valence-electron chi connectivity index (χ1n) is 5.00. The summed E-state index contributed by atoms with van der Waals surface area (Å²) in [5.74, 6) is 0. The Labute approximate surface area is 98.7 Å². The van der Waals surface area contributed by atoms with Crippen LogP contribution in [0.5, 0.6) is 0 Å². The summed E-state index contributed by atoms with van der Waals surface area (Å²) in [7, 11) is 0. The van der Waals surface area contributed by atoms with Crippen LogP contribution < -0.4 is 4.90 Å². The van der Waals surface area contributed by atoms with Crippen LogP contribution >= 0.6 is 12.4 Å². The molecule has 1 aromatic carbocycles. The van der Waals surface area contributed by atoms with E-state index < -0.39 is 11.7 Å². The maximum absolute atomic E-state index is 12.7. The zero-order valence-electron chi connectivity index (χ0n) is 8.63. The van der Waals surface area contributed by atoms with Gasteiger partial charge in [0, 0.05) is 18.8 Å². The summed E-state index contributed by atoms with van der Waals surface area (Å²) in [5, 5.41) is 0. The molecule has 0 radical (unpaired) electrons. The number of benzene rings is 1. The molecule has 1 aromatic rings. The number of hydrogen-bond donors (Lipinski definition) is 0. The third-order valence-corrected chi connectivity index (χ3v) is 2.66. The van der Waals surface area contributed by atoms with E-state index in [4.69, 9.17) is 0 Å². The minimum atomic E-state index is -4.25. The Morgan fingerprint density at radius 1 is 1.00 bits per heavy atom. The Morgan fingerprint density at radius 3 is 2.12 bits per heavy atom. The summed E-state index contributed by atoms with van der Waals surface area (Å²) in [6.07, 6.45) is -2.29. The molecule has 1 heterocycles. The lowest BCUT2D eigenvalue weighted by Crippen LogP contribution is -2.21. The second-order valence-corrected chi connectivity index (χ2v) is 3.71. The molecule has 0 atom stereocenters. The van der Waals surface area contributed by atoms with Crippen molar-refractivity contribution in [2.24, 2.45) is 0 Å². The third-order valence-electron chi connectivity index (χ3n) is 2.66. The number of hydrogen-bond acceptors (Lipinski definition) is 1. The van der Waals surface area contributed by atoms with Gasteiger partial charge in [-0.15, -0.1) is 12.4 Å². The van der Waals surface area contributed by atoms with Gasteiger partial charge >= 0.3 is 6.18 Å². The van der Waals surface area contributed by atoms with Crippen molar-refractivity contribution >= 4 is 18.1 Å². The average Bonchev–Trinajstić information content (AvgIpc) is 2.69. The summed E-state index contributed by atoms with van der Waals surface area (Å²) < 4.78 is 38.0. The first kappa shape index (κ1) is 13.2. The van der Waals surface area contributed by atoms with Gasteiger partial charge in [0.15, 0.2) is 0 Å².